The molecule has 0 amide bonds. The number of nitrogens with one attached hydrogen (secondary N) is 1. The molecule has 6 nitrogen and oxygen atoms in total. The number of anilines is 1. The lowest BCUT2D eigenvalue weighted by Gasteiger charge is -2.10. The summed E-state index contributed by atoms with van der Waals surface area (Å²) < 4.78 is 37.8. The quantitative estimate of drug-likeness (QED) is 0.615. The van der Waals surface area contributed by atoms with E-state index in [1.807, 2.05) is 18.4 Å². The van der Waals surface area contributed by atoms with Crippen molar-refractivity contribution in [2.75, 3.05) is 24.2 Å². The number of hydrogen-bond acceptors (Lipinski definition) is 6. The van der Waals surface area contributed by atoms with E-state index in [9.17, 15) is 8.42 Å². The Kier molecular flexibility index (Phi) is 5.98. The SMILES string of the molecule is COc1ccc(OCCS(=O)(=O)Nc2cccc(-c3csc(C)n3)c2)cc1. The van der Waals surface area contributed by atoms with Crippen molar-refractivity contribution < 1.29 is 17.9 Å². The van der Waals surface area contributed by atoms with Crippen molar-refractivity contribution in [2.45, 2.75) is 6.92 Å². The molecule has 0 atom stereocenters. The first-order chi connectivity index (χ1) is 12.9. The Balaban J connectivity index is 1.59. The molecule has 142 valence electrons. The average molecular weight is 405 g/mol. The Morgan fingerprint density at radius 2 is 1.85 bits per heavy atom. The van der Waals surface area contributed by atoms with Gasteiger partial charge in [0, 0.05) is 16.6 Å². The topological polar surface area (TPSA) is 77.5 Å². The van der Waals surface area contributed by atoms with Crippen LogP contribution in [0.5, 0.6) is 11.5 Å². The number of benzene rings is 2. The van der Waals surface area contributed by atoms with E-state index in [1.165, 1.54) is 0 Å². The van der Waals surface area contributed by atoms with Crippen LogP contribution in [0.2, 0.25) is 0 Å². The Morgan fingerprint density at radius 3 is 2.52 bits per heavy atom. The number of methoxy groups -OCH3 is 1. The van der Waals surface area contributed by atoms with Gasteiger partial charge in [0.05, 0.1) is 17.8 Å². The van der Waals surface area contributed by atoms with Gasteiger partial charge in [-0.2, -0.15) is 0 Å². The predicted molar refractivity (Wildman–Crippen MR) is 108 cm³/mol. The van der Waals surface area contributed by atoms with Gasteiger partial charge in [0.1, 0.15) is 23.9 Å². The lowest BCUT2D eigenvalue weighted by molar-refractivity contribution is 0.340. The van der Waals surface area contributed by atoms with Crippen molar-refractivity contribution >= 4 is 27.0 Å². The van der Waals surface area contributed by atoms with Crippen LogP contribution in [0.15, 0.2) is 53.9 Å². The van der Waals surface area contributed by atoms with Gasteiger partial charge in [-0.25, -0.2) is 13.4 Å². The zero-order chi connectivity index (χ0) is 19.3. The molecule has 1 heterocycles. The summed E-state index contributed by atoms with van der Waals surface area (Å²) in [6, 6.07) is 14.2. The van der Waals surface area contributed by atoms with Crippen molar-refractivity contribution in [3.05, 3.63) is 58.9 Å². The Hall–Kier alpha value is -2.58. The molecule has 1 N–H and O–H groups in total. The monoisotopic (exact) mass is 404 g/mol. The Labute approximate surface area is 162 Å². The molecule has 0 saturated heterocycles. The van der Waals surface area contributed by atoms with E-state index < -0.39 is 10.0 Å². The second kappa shape index (κ2) is 8.41. The summed E-state index contributed by atoms with van der Waals surface area (Å²) in [5.41, 5.74) is 2.21. The van der Waals surface area contributed by atoms with Gasteiger partial charge < -0.3 is 9.47 Å². The highest BCUT2D eigenvalue weighted by Crippen LogP contribution is 2.24. The molecular weight excluding hydrogens is 384 g/mol. The molecule has 3 aromatic rings. The summed E-state index contributed by atoms with van der Waals surface area (Å²) in [6.45, 7) is 1.98. The molecule has 8 heteroatoms. The van der Waals surface area contributed by atoms with Crippen LogP contribution >= 0.6 is 11.3 Å². The van der Waals surface area contributed by atoms with Crippen molar-refractivity contribution in [1.29, 1.82) is 0 Å². The fourth-order valence-electron chi connectivity index (χ4n) is 2.41. The molecule has 0 aliphatic carbocycles. The van der Waals surface area contributed by atoms with Crippen LogP contribution in [0.1, 0.15) is 5.01 Å². The summed E-state index contributed by atoms with van der Waals surface area (Å²) in [5, 5.41) is 2.91. The van der Waals surface area contributed by atoms with Crippen LogP contribution in [0.25, 0.3) is 11.3 Å². The third-order valence-electron chi connectivity index (χ3n) is 3.73. The molecule has 0 unspecified atom stereocenters. The summed E-state index contributed by atoms with van der Waals surface area (Å²) in [5.74, 6) is 1.15. The highest BCUT2D eigenvalue weighted by molar-refractivity contribution is 7.92. The van der Waals surface area contributed by atoms with E-state index in [2.05, 4.69) is 9.71 Å². The molecule has 0 saturated carbocycles. The van der Waals surface area contributed by atoms with Crippen LogP contribution in [0, 0.1) is 6.92 Å². The molecule has 0 bridgehead atoms. The molecule has 0 spiro atoms. The molecule has 2 aromatic carbocycles. The van der Waals surface area contributed by atoms with Gasteiger partial charge >= 0.3 is 0 Å². The summed E-state index contributed by atoms with van der Waals surface area (Å²) in [7, 11) is -1.95. The van der Waals surface area contributed by atoms with E-state index in [4.69, 9.17) is 9.47 Å². The van der Waals surface area contributed by atoms with Crippen LogP contribution < -0.4 is 14.2 Å². The molecule has 1 aromatic heterocycles. The lowest BCUT2D eigenvalue weighted by atomic mass is 10.1. The highest BCUT2D eigenvalue weighted by atomic mass is 32.2. The number of hydrogen-bond donors (Lipinski definition) is 1. The number of aromatic nitrogens is 1. The number of rotatable bonds is 8. The van der Waals surface area contributed by atoms with Gasteiger partial charge in [-0.3, -0.25) is 4.72 Å². The minimum absolute atomic E-state index is 0.0482. The smallest absolute Gasteiger partial charge is 0.236 e. The maximum Gasteiger partial charge on any atom is 0.236 e. The van der Waals surface area contributed by atoms with Gasteiger partial charge in [0.15, 0.2) is 0 Å². The van der Waals surface area contributed by atoms with Gasteiger partial charge in [-0.05, 0) is 43.3 Å². The second-order valence-corrected chi connectivity index (χ2v) is 8.68. The molecule has 27 heavy (non-hydrogen) atoms. The number of thiazole rings is 1. The third kappa shape index (κ3) is 5.45. The van der Waals surface area contributed by atoms with Gasteiger partial charge in [-0.1, -0.05) is 12.1 Å². The lowest BCUT2D eigenvalue weighted by Crippen LogP contribution is -2.21. The molecule has 3 rings (SSSR count). The highest BCUT2D eigenvalue weighted by Gasteiger charge is 2.12. The summed E-state index contributed by atoms with van der Waals surface area (Å²) in [4.78, 5) is 4.43. The Morgan fingerprint density at radius 1 is 1.11 bits per heavy atom. The fourth-order valence-corrected chi connectivity index (χ4v) is 3.92. The van der Waals surface area contributed by atoms with E-state index in [0.29, 0.717) is 17.2 Å². The minimum atomic E-state index is -3.53. The normalized spacial score (nSPS) is 11.2. The second-order valence-electron chi connectivity index (χ2n) is 5.78. The molecular formula is C19H20N2O4S2. The van der Waals surface area contributed by atoms with E-state index in [-0.39, 0.29) is 12.4 Å². The van der Waals surface area contributed by atoms with Crippen molar-refractivity contribution in [3.8, 4) is 22.8 Å². The van der Waals surface area contributed by atoms with Crippen molar-refractivity contribution in [2.24, 2.45) is 0 Å². The predicted octanol–water partition coefficient (Wildman–Crippen LogP) is 3.95. The number of nitrogens with zero attached hydrogens (tertiary/aromatic N) is 1. The first-order valence-corrected chi connectivity index (χ1v) is 10.8. The van der Waals surface area contributed by atoms with Crippen molar-refractivity contribution in [1.82, 2.24) is 4.98 Å². The first-order valence-electron chi connectivity index (χ1n) is 8.25. The first kappa shape index (κ1) is 19.2. The Bertz CT molecular complexity index is 999. The molecule has 0 aliphatic heterocycles. The van der Waals surface area contributed by atoms with Gasteiger partial charge in [0.25, 0.3) is 0 Å². The summed E-state index contributed by atoms with van der Waals surface area (Å²) >= 11 is 1.56. The standard InChI is InChI=1S/C19H20N2O4S2/c1-14-20-19(13-26-14)15-4-3-5-16(12-15)21-27(22,23)11-10-25-18-8-6-17(24-2)7-9-18/h3-9,12-13,21H,10-11H2,1-2H3. The van der Waals surface area contributed by atoms with E-state index in [1.54, 1.807) is 60.9 Å². The molecule has 0 radical (unpaired) electrons. The maximum absolute atomic E-state index is 12.3. The van der Waals surface area contributed by atoms with E-state index in [0.717, 1.165) is 16.3 Å². The minimum Gasteiger partial charge on any atom is -0.497 e. The zero-order valence-electron chi connectivity index (χ0n) is 15.0. The largest absolute Gasteiger partial charge is 0.497 e. The molecule has 0 aliphatic rings. The van der Waals surface area contributed by atoms with Crippen LogP contribution in [-0.2, 0) is 10.0 Å². The number of ether oxygens (including phenoxy) is 2. The number of sulfonamides is 1. The van der Waals surface area contributed by atoms with Gasteiger partial charge in [0.2, 0.25) is 10.0 Å². The maximum atomic E-state index is 12.3. The van der Waals surface area contributed by atoms with Gasteiger partial charge in [-0.15, -0.1) is 11.3 Å². The van der Waals surface area contributed by atoms with E-state index >= 15 is 0 Å². The average Bonchev–Trinajstić information content (AvgIpc) is 3.08. The van der Waals surface area contributed by atoms with Crippen molar-refractivity contribution in [3.63, 3.8) is 0 Å². The van der Waals surface area contributed by atoms with Crippen LogP contribution in [0.3, 0.4) is 0 Å². The summed E-state index contributed by atoms with van der Waals surface area (Å²) in [6.07, 6.45) is 0. The zero-order valence-corrected chi connectivity index (χ0v) is 16.6. The fraction of sp³-hybridized carbons (Fsp3) is 0.211. The molecule has 0 fully saturated rings. The third-order valence-corrected chi connectivity index (χ3v) is 5.76. The number of aryl methyl sites for hydroxylation is 1. The van der Waals surface area contributed by atoms with Crippen LogP contribution in [-0.4, -0.2) is 32.9 Å². The van der Waals surface area contributed by atoms with Crippen LogP contribution in [0.4, 0.5) is 5.69 Å².